The highest BCUT2D eigenvalue weighted by Crippen LogP contribution is 2.43. The van der Waals surface area contributed by atoms with Crippen molar-refractivity contribution in [3.8, 4) is 0 Å². The normalized spacial score (nSPS) is 21.9. The van der Waals surface area contributed by atoms with Crippen molar-refractivity contribution in [2.45, 2.75) is 50.0 Å². The number of likely N-dealkylation sites (tertiary alicyclic amines) is 1. The molecule has 2 aromatic carbocycles. The molecule has 2 fully saturated rings. The molecule has 2 aliphatic rings. The van der Waals surface area contributed by atoms with Crippen molar-refractivity contribution in [3.63, 3.8) is 0 Å². The summed E-state index contributed by atoms with van der Waals surface area (Å²) in [5.41, 5.74) is 5.20. The Bertz CT molecular complexity index is 1180. The van der Waals surface area contributed by atoms with E-state index in [0.29, 0.717) is 5.92 Å². The highest BCUT2D eigenvalue weighted by atomic mass is 35.5. The molecule has 0 bridgehead atoms. The standard InChI is InChI=1S/C29H34ClN3O/c1-32(2)29(23-6-4-3-5-7-23)14-10-21(11-15-29)18-28(34)33-16-12-22(13-17-33)26-20-31-27-9-8-24(30)19-25(26)27/h3-9,18-20,22,31H,10-17H2,1-2H3. The number of hydrogen-bond acceptors (Lipinski definition) is 2. The van der Waals surface area contributed by atoms with Crippen LogP contribution >= 0.6 is 11.6 Å². The number of fused-ring (bicyclic) bond motifs is 1. The first kappa shape index (κ1) is 23.2. The molecule has 1 aliphatic heterocycles. The molecule has 0 radical (unpaired) electrons. The van der Waals surface area contributed by atoms with E-state index in [1.54, 1.807) is 0 Å². The van der Waals surface area contributed by atoms with Crippen molar-refractivity contribution in [1.82, 2.24) is 14.8 Å². The highest BCUT2D eigenvalue weighted by molar-refractivity contribution is 6.31. The molecule has 5 rings (SSSR count). The highest BCUT2D eigenvalue weighted by Gasteiger charge is 2.37. The SMILES string of the molecule is CN(C)C1(c2ccccc2)CCC(=CC(=O)N2CCC(c3c[nH]c4ccc(Cl)cc34)CC2)CC1. The fourth-order valence-corrected chi connectivity index (χ4v) is 6.17. The van der Waals surface area contributed by atoms with E-state index in [-0.39, 0.29) is 11.4 Å². The number of piperidine rings is 1. The second kappa shape index (κ2) is 9.59. The fourth-order valence-electron chi connectivity index (χ4n) is 6.00. The number of amides is 1. The molecule has 0 atom stereocenters. The molecule has 1 saturated heterocycles. The predicted octanol–water partition coefficient (Wildman–Crippen LogP) is 6.48. The summed E-state index contributed by atoms with van der Waals surface area (Å²) < 4.78 is 0. The molecule has 0 spiro atoms. The minimum atomic E-state index is 0.0578. The summed E-state index contributed by atoms with van der Waals surface area (Å²) in [5, 5.41) is 1.98. The first-order chi connectivity index (χ1) is 16.5. The van der Waals surface area contributed by atoms with Crippen molar-refractivity contribution < 1.29 is 4.79 Å². The number of carbonyl (C=O) groups excluding carboxylic acids is 1. The topological polar surface area (TPSA) is 39.3 Å². The maximum atomic E-state index is 13.1. The third kappa shape index (κ3) is 4.42. The maximum Gasteiger partial charge on any atom is 0.246 e. The van der Waals surface area contributed by atoms with Gasteiger partial charge in [0.1, 0.15) is 0 Å². The smallest absolute Gasteiger partial charge is 0.246 e. The van der Waals surface area contributed by atoms with Gasteiger partial charge in [0.05, 0.1) is 0 Å². The van der Waals surface area contributed by atoms with Crippen LogP contribution in [0.5, 0.6) is 0 Å². The summed E-state index contributed by atoms with van der Waals surface area (Å²) in [5.74, 6) is 0.651. The lowest BCUT2D eigenvalue weighted by molar-refractivity contribution is -0.127. The summed E-state index contributed by atoms with van der Waals surface area (Å²) in [6, 6.07) is 16.8. The van der Waals surface area contributed by atoms with E-state index >= 15 is 0 Å². The van der Waals surface area contributed by atoms with E-state index < -0.39 is 0 Å². The molecule has 1 amide bonds. The Morgan fingerprint density at radius 3 is 2.47 bits per heavy atom. The third-order valence-electron chi connectivity index (χ3n) is 8.14. The number of allylic oxidation sites excluding steroid dienone is 1. The van der Waals surface area contributed by atoms with Crippen molar-refractivity contribution >= 4 is 28.4 Å². The molecule has 1 aliphatic carbocycles. The van der Waals surface area contributed by atoms with Crippen molar-refractivity contribution in [2.24, 2.45) is 0 Å². The van der Waals surface area contributed by atoms with Gasteiger partial charge in [0.25, 0.3) is 0 Å². The van der Waals surface area contributed by atoms with E-state index in [1.807, 2.05) is 23.1 Å². The summed E-state index contributed by atoms with van der Waals surface area (Å²) in [6.07, 6.45) is 10.1. The first-order valence-electron chi connectivity index (χ1n) is 12.4. The molecule has 2 heterocycles. The Balaban J connectivity index is 1.21. The van der Waals surface area contributed by atoms with Crippen LogP contribution in [-0.2, 0) is 10.3 Å². The van der Waals surface area contributed by atoms with Crippen LogP contribution in [0.15, 0.2) is 66.4 Å². The zero-order valence-electron chi connectivity index (χ0n) is 20.2. The second-order valence-corrected chi connectivity index (χ2v) is 10.6. The summed E-state index contributed by atoms with van der Waals surface area (Å²) in [7, 11) is 4.36. The van der Waals surface area contributed by atoms with Gasteiger partial charge in [-0.15, -0.1) is 0 Å². The minimum absolute atomic E-state index is 0.0578. The Hall–Kier alpha value is -2.56. The number of aromatic amines is 1. The Morgan fingerprint density at radius 2 is 1.79 bits per heavy atom. The summed E-state index contributed by atoms with van der Waals surface area (Å²) in [6.45, 7) is 1.62. The van der Waals surface area contributed by atoms with Crippen molar-refractivity contribution in [2.75, 3.05) is 27.2 Å². The molecule has 1 saturated carbocycles. The molecular formula is C29H34ClN3O. The van der Waals surface area contributed by atoms with Gasteiger partial charge < -0.3 is 9.88 Å². The van der Waals surface area contributed by atoms with E-state index in [0.717, 1.165) is 62.2 Å². The van der Waals surface area contributed by atoms with Gasteiger partial charge in [-0.3, -0.25) is 9.69 Å². The second-order valence-electron chi connectivity index (χ2n) is 10.1. The number of hydrogen-bond donors (Lipinski definition) is 1. The lowest BCUT2D eigenvalue weighted by atomic mass is 9.74. The zero-order valence-corrected chi connectivity index (χ0v) is 20.9. The van der Waals surface area contributed by atoms with Crippen molar-refractivity contribution in [3.05, 3.63) is 82.5 Å². The van der Waals surface area contributed by atoms with Crippen LogP contribution in [-0.4, -0.2) is 47.9 Å². The molecule has 3 aromatic rings. The van der Waals surface area contributed by atoms with Gasteiger partial charge >= 0.3 is 0 Å². The lowest BCUT2D eigenvalue weighted by Crippen LogP contribution is -2.43. The van der Waals surface area contributed by atoms with Gasteiger partial charge in [0.15, 0.2) is 0 Å². The summed E-state index contributed by atoms with van der Waals surface area (Å²) >= 11 is 6.24. The third-order valence-corrected chi connectivity index (χ3v) is 8.37. The Labute approximate surface area is 207 Å². The van der Waals surface area contributed by atoms with Crippen LogP contribution in [0.1, 0.15) is 55.6 Å². The number of benzene rings is 2. The number of H-pyrrole nitrogens is 1. The van der Waals surface area contributed by atoms with Crippen LogP contribution in [0.4, 0.5) is 0 Å². The zero-order chi connectivity index (χ0) is 23.7. The van der Waals surface area contributed by atoms with E-state index in [4.69, 9.17) is 11.6 Å². The Kier molecular flexibility index (Phi) is 6.54. The van der Waals surface area contributed by atoms with Crippen LogP contribution in [0.2, 0.25) is 5.02 Å². The van der Waals surface area contributed by atoms with E-state index in [9.17, 15) is 4.79 Å². The van der Waals surface area contributed by atoms with Gasteiger partial charge in [0.2, 0.25) is 5.91 Å². The van der Waals surface area contributed by atoms with E-state index in [1.165, 1.54) is 22.1 Å². The first-order valence-corrected chi connectivity index (χ1v) is 12.8. The fraction of sp³-hybridized carbons (Fsp3) is 0.414. The lowest BCUT2D eigenvalue weighted by Gasteiger charge is -2.44. The van der Waals surface area contributed by atoms with Gasteiger partial charge in [-0.05, 0) is 87.9 Å². The molecule has 5 heteroatoms. The maximum absolute atomic E-state index is 13.1. The van der Waals surface area contributed by atoms with Crippen LogP contribution in [0.25, 0.3) is 10.9 Å². The quantitative estimate of drug-likeness (QED) is 0.438. The van der Waals surface area contributed by atoms with Crippen LogP contribution in [0.3, 0.4) is 0 Å². The Morgan fingerprint density at radius 1 is 1.09 bits per heavy atom. The van der Waals surface area contributed by atoms with E-state index in [2.05, 4.69) is 66.6 Å². The number of rotatable bonds is 4. The minimum Gasteiger partial charge on any atom is -0.361 e. The molecule has 1 N–H and O–H groups in total. The number of nitrogens with one attached hydrogen (secondary N) is 1. The number of aromatic nitrogens is 1. The molecule has 34 heavy (non-hydrogen) atoms. The average Bonchev–Trinajstić information content (AvgIpc) is 3.28. The van der Waals surface area contributed by atoms with Crippen LogP contribution in [0, 0.1) is 0 Å². The number of carbonyl (C=O) groups is 1. The predicted molar refractivity (Wildman–Crippen MR) is 140 cm³/mol. The average molecular weight is 476 g/mol. The van der Waals surface area contributed by atoms with Gasteiger partial charge in [-0.25, -0.2) is 0 Å². The largest absolute Gasteiger partial charge is 0.361 e. The molecular weight excluding hydrogens is 442 g/mol. The van der Waals surface area contributed by atoms with Crippen LogP contribution < -0.4 is 0 Å². The number of nitrogens with zero attached hydrogens (tertiary/aromatic N) is 2. The van der Waals surface area contributed by atoms with Crippen molar-refractivity contribution in [1.29, 1.82) is 0 Å². The molecule has 0 unspecified atom stereocenters. The number of halogens is 1. The molecule has 178 valence electrons. The monoisotopic (exact) mass is 475 g/mol. The van der Waals surface area contributed by atoms with Gasteiger partial charge in [0, 0.05) is 46.8 Å². The summed E-state index contributed by atoms with van der Waals surface area (Å²) in [4.78, 5) is 20.9. The molecule has 4 nitrogen and oxygen atoms in total. The van der Waals surface area contributed by atoms with Gasteiger partial charge in [-0.1, -0.05) is 47.5 Å². The van der Waals surface area contributed by atoms with Gasteiger partial charge in [-0.2, -0.15) is 0 Å². The molecule has 1 aromatic heterocycles.